The lowest BCUT2D eigenvalue weighted by molar-refractivity contribution is -0.122. The van der Waals surface area contributed by atoms with Crippen molar-refractivity contribution in [2.75, 3.05) is 5.32 Å². The Morgan fingerprint density at radius 3 is 2.41 bits per heavy atom. The highest BCUT2D eigenvalue weighted by atomic mass is 16.5. The van der Waals surface area contributed by atoms with E-state index in [1.807, 2.05) is 56.3 Å². The predicted molar refractivity (Wildman–Crippen MR) is 90.5 cm³/mol. The Balaban J connectivity index is 1.99. The number of carbonyl (C=O) groups excluding carboxylic acids is 1. The molecular formula is C19H23NO2. The van der Waals surface area contributed by atoms with E-state index in [-0.39, 0.29) is 5.91 Å². The Kier molecular flexibility index (Phi) is 5.21. The Morgan fingerprint density at radius 2 is 1.82 bits per heavy atom. The highest BCUT2D eigenvalue weighted by molar-refractivity contribution is 5.94. The van der Waals surface area contributed by atoms with Crippen LogP contribution in [0.15, 0.2) is 42.5 Å². The number of carbonyl (C=O) groups is 1. The third-order valence-corrected chi connectivity index (χ3v) is 3.65. The molecule has 0 saturated heterocycles. The molecule has 0 aliphatic rings. The monoisotopic (exact) mass is 297 g/mol. The molecule has 0 aliphatic heterocycles. The van der Waals surface area contributed by atoms with Gasteiger partial charge in [-0.3, -0.25) is 4.79 Å². The molecule has 0 heterocycles. The van der Waals surface area contributed by atoms with E-state index < -0.39 is 6.10 Å². The predicted octanol–water partition coefficient (Wildman–Crippen LogP) is 4.27. The molecule has 1 amide bonds. The van der Waals surface area contributed by atoms with Gasteiger partial charge in [0.2, 0.25) is 0 Å². The molecule has 3 nitrogen and oxygen atoms in total. The second-order valence-corrected chi connectivity index (χ2v) is 5.57. The maximum absolute atomic E-state index is 12.2. The Labute approximate surface area is 132 Å². The van der Waals surface area contributed by atoms with E-state index in [4.69, 9.17) is 4.74 Å². The van der Waals surface area contributed by atoms with E-state index in [0.29, 0.717) is 5.75 Å². The largest absolute Gasteiger partial charge is 0.481 e. The van der Waals surface area contributed by atoms with Crippen LogP contribution in [0.1, 0.15) is 30.5 Å². The number of benzene rings is 2. The quantitative estimate of drug-likeness (QED) is 0.895. The summed E-state index contributed by atoms with van der Waals surface area (Å²) < 4.78 is 5.70. The van der Waals surface area contributed by atoms with Crippen LogP contribution in [-0.2, 0) is 11.2 Å². The lowest BCUT2D eigenvalue weighted by Gasteiger charge is -2.16. The Bertz CT molecular complexity index is 647. The number of ether oxygens (including phenoxy) is 1. The summed E-state index contributed by atoms with van der Waals surface area (Å²) in [5.74, 6) is 0.562. The molecule has 2 aromatic carbocycles. The van der Waals surface area contributed by atoms with Gasteiger partial charge in [-0.15, -0.1) is 0 Å². The molecule has 0 aliphatic carbocycles. The minimum Gasteiger partial charge on any atom is -0.481 e. The van der Waals surface area contributed by atoms with E-state index in [2.05, 4.69) is 12.2 Å². The normalized spacial score (nSPS) is 11.8. The van der Waals surface area contributed by atoms with Gasteiger partial charge in [0.1, 0.15) is 5.75 Å². The number of hydrogen-bond acceptors (Lipinski definition) is 2. The van der Waals surface area contributed by atoms with Gasteiger partial charge in [-0.25, -0.2) is 0 Å². The summed E-state index contributed by atoms with van der Waals surface area (Å²) >= 11 is 0. The minimum absolute atomic E-state index is 0.147. The lowest BCUT2D eigenvalue weighted by Crippen LogP contribution is -2.30. The highest BCUT2D eigenvalue weighted by Crippen LogP contribution is 2.18. The van der Waals surface area contributed by atoms with Crippen LogP contribution in [0.25, 0.3) is 0 Å². The molecule has 0 radical (unpaired) electrons. The fraction of sp³-hybridized carbons (Fsp3) is 0.316. The second-order valence-electron chi connectivity index (χ2n) is 5.57. The molecule has 0 spiro atoms. The topological polar surface area (TPSA) is 38.3 Å². The van der Waals surface area contributed by atoms with E-state index in [1.165, 1.54) is 11.1 Å². The molecule has 2 rings (SSSR count). The van der Waals surface area contributed by atoms with Gasteiger partial charge in [-0.1, -0.05) is 36.8 Å². The maximum atomic E-state index is 12.2. The summed E-state index contributed by atoms with van der Waals surface area (Å²) in [6, 6.07) is 13.8. The molecule has 2 aromatic rings. The first-order valence-electron chi connectivity index (χ1n) is 7.63. The van der Waals surface area contributed by atoms with Crippen LogP contribution in [0.3, 0.4) is 0 Å². The third kappa shape index (κ3) is 4.10. The molecule has 0 fully saturated rings. The highest BCUT2D eigenvalue weighted by Gasteiger charge is 2.15. The molecule has 0 aromatic heterocycles. The van der Waals surface area contributed by atoms with Gasteiger partial charge in [-0.2, -0.15) is 0 Å². The molecule has 3 heteroatoms. The van der Waals surface area contributed by atoms with E-state index in [1.54, 1.807) is 6.92 Å². The van der Waals surface area contributed by atoms with E-state index >= 15 is 0 Å². The summed E-state index contributed by atoms with van der Waals surface area (Å²) in [5, 5.41) is 2.92. The number of rotatable bonds is 5. The fourth-order valence-electron chi connectivity index (χ4n) is 2.25. The van der Waals surface area contributed by atoms with Gasteiger partial charge in [0, 0.05) is 5.69 Å². The van der Waals surface area contributed by atoms with Crippen molar-refractivity contribution in [1.82, 2.24) is 0 Å². The smallest absolute Gasteiger partial charge is 0.265 e. The lowest BCUT2D eigenvalue weighted by atomic mass is 10.1. The van der Waals surface area contributed by atoms with Crippen LogP contribution in [-0.4, -0.2) is 12.0 Å². The van der Waals surface area contributed by atoms with Crippen LogP contribution in [0.4, 0.5) is 5.69 Å². The molecule has 22 heavy (non-hydrogen) atoms. The summed E-state index contributed by atoms with van der Waals surface area (Å²) in [6.07, 6.45) is 0.441. The number of aryl methyl sites for hydroxylation is 3. The van der Waals surface area contributed by atoms with Crippen molar-refractivity contribution in [1.29, 1.82) is 0 Å². The van der Waals surface area contributed by atoms with Crippen molar-refractivity contribution in [2.45, 2.75) is 40.2 Å². The van der Waals surface area contributed by atoms with Crippen LogP contribution in [0, 0.1) is 13.8 Å². The van der Waals surface area contributed by atoms with Crippen molar-refractivity contribution in [3.8, 4) is 5.75 Å². The fourth-order valence-corrected chi connectivity index (χ4v) is 2.25. The first-order chi connectivity index (χ1) is 10.5. The first kappa shape index (κ1) is 16.1. The number of hydrogen-bond donors (Lipinski definition) is 1. The van der Waals surface area contributed by atoms with Crippen LogP contribution in [0.2, 0.25) is 0 Å². The zero-order chi connectivity index (χ0) is 16.1. The van der Waals surface area contributed by atoms with Gasteiger partial charge in [-0.05, 0) is 56.5 Å². The summed E-state index contributed by atoms with van der Waals surface area (Å²) in [7, 11) is 0. The van der Waals surface area contributed by atoms with Crippen molar-refractivity contribution in [2.24, 2.45) is 0 Å². The van der Waals surface area contributed by atoms with Gasteiger partial charge in [0.25, 0.3) is 5.91 Å². The van der Waals surface area contributed by atoms with Crippen LogP contribution < -0.4 is 10.1 Å². The number of amides is 1. The molecule has 1 atom stereocenters. The third-order valence-electron chi connectivity index (χ3n) is 3.65. The molecule has 0 bridgehead atoms. The van der Waals surface area contributed by atoms with Gasteiger partial charge >= 0.3 is 0 Å². The summed E-state index contributed by atoms with van der Waals surface area (Å²) in [5.41, 5.74) is 4.30. The SMILES string of the molecule is CCc1ccc(OC(C)C(=O)Nc2ccc(C)cc2C)cc1. The average molecular weight is 297 g/mol. The standard InChI is InChI=1S/C19H23NO2/c1-5-16-7-9-17(10-8-16)22-15(4)19(21)20-18-11-6-13(2)12-14(18)3/h6-12,15H,5H2,1-4H3,(H,20,21). The Hall–Kier alpha value is -2.29. The first-order valence-corrected chi connectivity index (χ1v) is 7.63. The molecule has 0 saturated carbocycles. The summed E-state index contributed by atoms with van der Waals surface area (Å²) in [4.78, 5) is 12.2. The molecule has 116 valence electrons. The Morgan fingerprint density at radius 1 is 1.14 bits per heavy atom. The van der Waals surface area contributed by atoms with Crippen LogP contribution in [0.5, 0.6) is 5.75 Å². The van der Waals surface area contributed by atoms with Gasteiger partial charge < -0.3 is 10.1 Å². The second kappa shape index (κ2) is 7.12. The minimum atomic E-state index is -0.548. The zero-order valence-electron chi connectivity index (χ0n) is 13.6. The van der Waals surface area contributed by atoms with Gasteiger partial charge in [0.05, 0.1) is 0 Å². The maximum Gasteiger partial charge on any atom is 0.265 e. The molecule has 1 unspecified atom stereocenters. The van der Waals surface area contributed by atoms with Crippen molar-refractivity contribution >= 4 is 11.6 Å². The van der Waals surface area contributed by atoms with Crippen LogP contribution >= 0.6 is 0 Å². The van der Waals surface area contributed by atoms with Crippen molar-refractivity contribution in [3.63, 3.8) is 0 Å². The number of nitrogens with one attached hydrogen (secondary N) is 1. The van der Waals surface area contributed by atoms with E-state index in [9.17, 15) is 4.79 Å². The number of anilines is 1. The van der Waals surface area contributed by atoms with E-state index in [0.717, 1.165) is 17.7 Å². The molecule has 1 N–H and O–H groups in total. The van der Waals surface area contributed by atoms with Crippen molar-refractivity contribution in [3.05, 3.63) is 59.2 Å². The van der Waals surface area contributed by atoms with Crippen molar-refractivity contribution < 1.29 is 9.53 Å². The van der Waals surface area contributed by atoms with Gasteiger partial charge in [0.15, 0.2) is 6.10 Å². The summed E-state index contributed by atoms with van der Waals surface area (Å²) in [6.45, 7) is 7.88. The molecular weight excluding hydrogens is 274 g/mol. The zero-order valence-corrected chi connectivity index (χ0v) is 13.6. The average Bonchev–Trinajstić information content (AvgIpc) is 2.50.